The number of anilines is 1. The van der Waals surface area contributed by atoms with Crippen LogP contribution in [-0.4, -0.2) is 46.2 Å². The lowest BCUT2D eigenvalue weighted by Crippen LogP contribution is -2.40. The normalized spacial score (nSPS) is 21.0. The molecule has 8 nitrogen and oxygen atoms in total. The molecule has 0 saturated carbocycles. The fourth-order valence-corrected chi connectivity index (χ4v) is 4.51. The molecule has 31 heavy (non-hydrogen) atoms. The number of nitrogens with two attached hydrogens (primary N) is 2. The van der Waals surface area contributed by atoms with Crippen LogP contribution in [0.15, 0.2) is 30.9 Å². The van der Waals surface area contributed by atoms with Crippen LogP contribution in [-0.2, 0) is 11.2 Å². The number of rotatable bonds is 4. The van der Waals surface area contributed by atoms with Gasteiger partial charge >= 0.3 is 0 Å². The molecule has 1 aromatic heterocycles. The molecular formula is C22H26FN5O3. The summed E-state index contributed by atoms with van der Waals surface area (Å²) in [5.41, 5.74) is 13.6. The Kier molecular flexibility index (Phi) is 5.67. The summed E-state index contributed by atoms with van der Waals surface area (Å²) in [7, 11) is 0. The summed E-state index contributed by atoms with van der Waals surface area (Å²) < 4.78 is 20.9. The summed E-state index contributed by atoms with van der Waals surface area (Å²) in [5.74, 6) is -0.591. The Morgan fingerprint density at radius 3 is 2.87 bits per heavy atom. The minimum atomic E-state index is -0.641. The van der Waals surface area contributed by atoms with Crippen LogP contribution >= 0.6 is 0 Å². The second-order valence-corrected chi connectivity index (χ2v) is 8.03. The van der Waals surface area contributed by atoms with Crippen molar-refractivity contribution >= 4 is 17.6 Å². The minimum absolute atomic E-state index is 0.143. The summed E-state index contributed by atoms with van der Waals surface area (Å²) in [6.07, 6.45) is 3.97. The molecule has 4 rings (SSSR count). The first kappa shape index (κ1) is 20.9. The molecule has 3 heterocycles. The van der Waals surface area contributed by atoms with Crippen LogP contribution in [0.25, 0.3) is 0 Å². The van der Waals surface area contributed by atoms with Gasteiger partial charge in [-0.15, -0.1) is 0 Å². The maximum absolute atomic E-state index is 13.6. The first-order valence-electron chi connectivity index (χ1n) is 10.4. The number of ether oxygens (including phenoxy) is 1. The zero-order chi connectivity index (χ0) is 22.1. The number of nitrogens with zero attached hydrogens (tertiary/aromatic N) is 3. The van der Waals surface area contributed by atoms with E-state index in [0.717, 1.165) is 18.4 Å². The van der Waals surface area contributed by atoms with Gasteiger partial charge in [0.05, 0.1) is 18.3 Å². The van der Waals surface area contributed by atoms with Crippen LogP contribution in [0.3, 0.4) is 0 Å². The number of halogens is 1. The molecule has 1 fully saturated rings. The molecular weight excluding hydrogens is 401 g/mol. The Labute approximate surface area is 179 Å². The van der Waals surface area contributed by atoms with Gasteiger partial charge in [0.1, 0.15) is 22.9 Å². The summed E-state index contributed by atoms with van der Waals surface area (Å²) in [6.45, 7) is 4.99. The van der Waals surface area contributed by atoms with E-state index in [-0.39, 0.29) is 35.1 Å². The highest BCUT2D eigenvalue weighted by atomic mass is 19.1. The van der Waals surface area contributed by atoms with E-state index in [1.165, 1.54) is 18.2 Å². The molecule has 2 aliphatic heterocycles. The smallest absolute Gasteiger partial charge is 0.254 e. The topological polar surface area (TPSA) is 116 Å². The monoisotopic (exact) mass is 427 g/mol. The van der Waals surface area contributed by atoms with Crippen molar-refractivity contribution < 1.29 is 18.7 Å². The van der Waals surface area contributed by atoms with Gasteiger partial charge in [-0.2, -0.15) is 5.10 Å². The zero-order valence-electron chi connectivity index (χ0n) is 17.2. The van der Waals surface area contributed by atoms with Gasteiger partial charge in [0.2, 0.25) is 5.91 Å². The highest BCUT2D eigenvalue weighted by molar-refractivity contribution is 5.98. The van der Waals surface area contributed by atoms with Gasteiger partial charge in [0.25, 0.3) is 5.91 Å². The second kappa shape index (κ2) is 8.41. The number of hydrogen-bond donors (Lipinski definition) is 2. The van der Waals surface area contributed by atoms with Gasteiger partial charge in [0, 0.05) is 25.1 Å². The van der Waals surface area contributed by atoms with Crippen molar-refractivity contribution in [3.63, 3.8) is 0 Å². The minimum Gasteiger partial charge on any atom is -0.493 e. The van der Waals surface area contributed by atoms with Crippen molar-refractivity contribution in [3.8, 4) is 5.75 Å². The van der Waals surface area contributed by atoms with Gasteiger partial charge in [-0.05, 0) is 43.4 Å². The number of piperidine rings is 1. The van der Waals surface area contributed by atoms with E-state index in [1.54, 1.807) is 15.6 Å². The summed E-state index contributed by atoms with van der Waals surface area (Å²) in [4.78, 5) is 26.1. The van der Waals surface area contributed by atoms with E-state index in [2.05, 4.69) is 6.58 Å². The van der Waals surface area contributed by atoms with Gasteiger partial charge in [-0.25, -0.2) is 9.07 Å². The van der Waals surface area contributed by atoms with Crippen LogP contribution in [0.4, 0.5) is 10.2 Å². The Hall–Kier alpha value is -3.36. The van der Waals surface area contributed by atoms with Crippen molar-refractivity contribution in [1.82, 2.24) is 14.7 Å². The molecule has 0 radical (unpaired) electrons. The van der Waals surface area contributed by atoms with E-state index in [4.69, 9.17) is 21.3 Å². The summed E-state index contributed by atoms with van der Waals surface area (Å²) >= 11 is 0. The average molecular weight is 427 g/mol. The van der Waals surface area contributed by atoms with E-state index in [1.807, 2.05) is 0 Å². The second-order valence-electron chi connectivity index (χ2n) is 8.03. The quantitative estimate of drug-likeness (QED) is 0.726. The van der Waals surface area contributed by atoms with E-state index in [0.29, 0.717) is 44.0 Å². The number of carbonyl (C=O) groups is 2. The maximum Gasteiger partial charge on any atom is 0.254 e. The third-order valence-electron chi connectivity index (χ3n) is 6.06. The number of likely N-dealkylation sites (tertiary alicyclic amines) is 1. The number of benzene rings is 1. The fraction of sp³-hybridized carbons (Fsp3) is 0.409. The lowest BCUT2D eigenvalue weighted by Gasteiger charge is -2.32. The molecule has 1 unspecified atom stereocenters. The lowest BCUT2D eigenvalue weighted by molar-refractivity contribution is -0.127. The molecule has 2 aliphatic rings. The van der Waals surface area contributed by atoms with Crippen molar-refractivity contribution in [2.24, 2.45) is 5.73 Å². The molecule has 0 bridgehead atoms. The SMILES string of the molecule is C=CC(=O)N1CCC[C@@H](n2nc(C3CCOc4cc(F)ccc4C3)c(C(N)=O)c2N)C1. The first-order valence-corrected chi connectivity index (χ1v) is 10.4. The molecule has 2 amide bonds. The number of fused-ring (bicyclic) bond motifs is 1. The lowest BCUT2D eigenvalue weighted by atomic mass is 9.91. The maximum atomic E-state index is 13.6. The number of carbonyl (C=O) groups excluding carboxylic acids is 2. The predicted octanol–water partition coefficient (Wildman–Crippen LogP) is 2.16. The fourth-order valence-electron chi connectivity index (χ4n) is 4.51. The van der Waals surface area contributed by atoms with Crippen LogP contribution in [0, 0.1) is 5.82 Å². The Morgan fingerprint density at radius 2 is 2.13 bits per heavy atom. The van der Waals surface area contributed by atoms with Gasteiger partial charge in [-0.1, -0.05) is 12.6 Å². The molecule has 1 aromatic carbocycles. The van der Waals surface area contributed by atoms with Crippen LogP contribution < -0.4 is 16.2 Å². The number of primary amides is 1. The van der Waals surface area contributed by atoms with E-state index < -0.39 is 5.91 Å². The third kappa shape index (κ3) is 3.99. The number of amides is 2. The molecule has 2 atom stereocenters. The molecule has 2 aromatic rings. The largest absolute Gasteiger partial charge is 0.493 e. The van der Waals surface area contributed by atoms with Crippen LogP contribution in [0.2, 0.25) is 0 Å². The van der Waals surface area contributed by atoms with Crippen molar-refractivity contribution in [1.29, 1.82) is 0 Å². The molecule has 164 valence electrons. The van der Waals surface area contributed by atoms with Gasteiger partial charge in [0.15, 0.2) is 0 Å². The summed E-state index contributed by atoms with van der Waals surface area (Å²) in [6, 6.07) is 4.28. The zero-order valence-corrected chi connectivity index (χ0v) is 17.2. The first-order chi connectivity index (χ1) is 14.9. The molecule has 0 spiro atoms. The highest BCUT2D eigenvalue weighted by Crippen LogP contribution is 2.36. The number of nitrogen functional groups attached to an aromatic ring is 1. The van der Waals surface area contributed by atoms with Gasteiger partial charge < -0.3 is 21.1 Å². The third-order valence-corrected chi connectivity index (χ3v) is 6.06. The number of aromatic nitrogens is 2. The highest BCUT2D eigenvalue weighted by Gasteiger charge is 2.32. The van der Waals surface area contributed by atoms with Crippen molar-refractivity contribution in [3.05, 3.63) is 53.5 Å². The molecule has 0 aliphatic carbocycles. The molecule has 1 saturated heterocycles. The summed E-state index contributed by atoms with van der Waals surface area (Å²) in [5, 5.41) is 4.73. The Morgan fingerprint density at radius 1 is 1.32 bits per heavy atom. The van der Waals surface area contributed by atoms with Crippen LogP contribution in [0.1, 0.15) is 52.8 Å². The Balaban J connectivity index is 1.68. The molecule has 4 N–H and O–H groups in total. The number of hydrogen-bond acceptors (Lipinski definition) is 5. The average Bonchev–Trinajstić information content (AvgIpc) is 2.97. The molecule has 9 heteroatoms. The van der Waals surface area contributed by atoms with Crippen molar-refractivity contribution in [2.75, 3.05) is 25.4 Å². The van der Waals surface area contributed by atoms with Gasteiger partial charge in [-0.3, -0.25) is 9.59 Å². The van der Waals surface area contributed by atoms with E-state index in [9.17, 15) is 14.0 Å². The predicted molar refractivity (Wildman–Crippen MR) is 113 cm³/mol. The van der Waals surface area contributed by atoms with Crippen LogP contribution in [0.5, 0.6) is 5.75 Å². The standard InChI is InChI=1S/C22H26FN5O3/c1-2-18(29)27-8-3-4-16(12-27)28-21(24)19(22(25)30)20(26-28)14-7-9-31-17-11-15(23)6-5-13(17)10-14/h2,5-6,11,14,16H,1,3-4,7-10,12,24H2,(H2,25,30)/t14?,16-/m1/s1. The van der Waals surface area contributed by atoms with E-state index >= 15 is 0 Å². The van der Waals surface area contributed by atoms with Crippen molar-refractivity contribution in [2.45, 2.75) is 37.6 Å². The Bertz CT molecular complexity index is 1030.